The fourth-order valence-electron chi connectivity index (χ4n) is 1.38. The number of rotatable bonds is 5. The van der Waals surface area contributed by atoms with Gasteiger partial charge in [-0.2, -0.15) is 0 Å². The van der Waals surface area contributed by atoms with Crippen LogP contribution in [0.15, 0.2) is 18.3 Å². The lowest BCUT2D eigenvalue weighted by Crippen LogP contribution is -2.40. The van der Waals surface area contributed by atoms with Gasteiger partial charge in [0.2, 0.25) is 0 Å². The van der Waals surface area contributed by atoms with Gasteiger partial charge in [0, 0.05) is 18.3 Å². The van der Waals surface area contributed by atoms with Gasteiger partial charge in [-0.3, -0.25) is 9.78 Å². The molecule has 4 heteroatoms. The van der Waals surface area contributed by atoms with E-state index in [1.54, 1.807) is 6.92 Å². The van der Waals surface area contributed by atoms with Gasteiger partial charge in [-0.05, 0) is 36.7 Å². The molecule has 1 aromatic heterocycles. The van der Waals surface area contributed by atoms with Gasteiger partial charge in [0.25, 0.3) is 0 Å². The maximum Gasteiger partial charge on any atom is 0.192 e. The second-order valence-electron chi connectivity index (χ2n) is 6.59. The number of carbonyl (C=O) groups is 1. The Morgan fingerprint density at radius 2 is 1.95 bits per heavy atom. The molecule has 0 aromatic carbocycles. The predicted molar refractivity (Wildman–Crippen MR) is 80.6 cm³/mol. The summed E-state index contributed by atoms with van der Waals surface area (Å²) in [7, 11) is -1.71. The van der Waals surface area contributed by atoms with Crippen molar-refractivity contribution in [3.63, 3.8) is 0 Å². The third-order valence-electron chi connectivity index (χ3n) is 3.72. The number of pyridine rings is 1. The van der Waals surface area contributed by atoms with Crippen molar-refractivity contribution in [2.45, 2.75) is 58.9 Å². The topological polar surface area (TPSA) is 39.2 Å². The van der Waals surface area contributed by atoms with Gasteiger partial charge in [0.1, 0.15) is 5.78 Å². The lowest BCUT2D eigenvalue weighted by molar-refractivity contribution is -0.116. The quantitative estimate of drug-likeness (QED) is 0.771. The van der Waals surface area contributed by atoms with Crippen LogP contribution in [0.25, 0.3) is 0 Å². The molecule has 0 aliphatic heterocycles. The van der Waals surface area contributed by atoms with Crippen LogP contribution < -0.4 is 0 Å². The molecule has 0 fully saturated rings. The Bertz CT molecular complexity index is 432. The molecule has 0 radical (unpaired) electrons. The van der Waals surface area contributed by atoms with E-state index < -0.39 is 8.32 Å². The normalized spacial score (nSPS) is 12.5. The summed E-state index contributed by atoms with van der Waals surface area (Å²) in [6, 6.07) is 3.91. The van der Waals surface area contributed by atoms with Crippen LogP contribution in [0.5, 0.6) is 0 Å². The minimum absolute atomic E-state index is 0.137. The van der Waals surface area contributed by atoms with Crippen molar-refractivity contribution in [1.29, 1.82) is 0 Å². The van der Waals surface area contributed by atoms with Gasteiger partial charge < -0.3 is 4.43 Å². The lowest BCUT2D eigenvalue weighted by Gasteiger charge is -2.36. The molecule has 0 atom stereocenters. The first-order chi connectivity index (χ1) is 8.62. The van der Waals surface area contributed by atoms with Crippen molar-refractivity contribution in [3.05, 3.63) is 29.6 Å². The van der Waals surface area contributed by atoms with Crippen LogP contribution in [-0.2, 0) is 22.2 Å². The van der Waals surface area contributed by atoms with Crippen LogP contribution in [0.3, 0.4) is 0 Å². The second-order valence-corrected chi connectivity index (χ2v) is 11.4. The molecule has 0 N–H and O–H groups in total. The molecule has 19 heavy (non-hydrogen) atoms. The Kier molecular flexibility index (Phi) is 5.04. The van der Waals surface area contributed by atoms with E-state index in [4.69, 9.17) is 4.43 Å². The molecular weight excluding hydrogens is 254 g/mol. The Hall–Kier alpha value is -1.00. The highest BCUT2D eigenvalue weighted by Gasteiger charge is 2.36. The molecule has 0 bridgehead atoms. The van der Waals surface area contributed by atoms with Gasteiger partial charge in [-0.15, -0.1) is 0 Å². The third-order valence-corrected chi connectivity index (χ3v) is 8.20. The molecule has 3 nitrogen and oxygen atoms in total. The number of carbonyl (C=O) groups excluding carboxylic acids is 1. The average Bonchev–Trinajstić information content (AvgIpc) is 2.26. The molecule has 1 aromatic rings. The maximum atomic E-state index is 11.0. The Morgan fingerprint density at radius 3 is 2.37 bits per heavy atom. The van der Waals surface area contributed by atoms with Crippen LogP contribution in [0.1, 0.15) is 39.0 Å². The monoisotopic (exact) mass is 279 g/mol. The molecule has 0 unspecified atom stereocenters. The molecule has 0 spiro atoms. The number of nitrogens with zero attached hydrogens (tertiary/aromatic N) is 1. The van der Waals surface area contributed by atoms with Crippen molar-refractivity contribution < 1.29 is 9.22 Å². The molecule has 1 heterocycles. The molecule has 0 saturated carbocycles. The van der Waals surface area contributed by atoms with Crippen LogP contribution in [-0.4, -0.2) is 19.1 Å². The lowest BCUT2D eigenvalue weighted by atomic mass is 10.2. The highest BCUT2D eigenvalue weighted by atomic mass is 28.4. The molecule has 0 saturated heterocycles. The van der Waals surface area contributed by atoms with Crippen molar-refractivity contribution in [1.82, 2.24) is 4.98 Å². The van der Waals surface area contributed by atoms with E-state index in [0.717, 1.165) is 11.3 Å². The fraction of sp³-hybridized carbons (Fsp3) is 0.600. The number of Topliss-reactive ketones (excluding diaryl/α,β-unsaturated/α-hetero) is 1. The number of aromatic nitrogens is 1. The summed E-state index contributed by atoms with van der Waals surface area (Å²) in [5.41, 5.74) is 1.89. The predicted octanol–water partition coefficient (Wildman–Crippen LogP) is 3.73. The Labute approximate surface area is 117 Å². The van der Waals surface area contributed by atoms with Crippen molar-refractivity contribution in [2.75, 3.05) is 0 Å². The van der Waals surface area contributed by atoms with E-state index in [2.05, 4.69) is 38.8 Å². The van der Waals surface area contributed by atoms with E-state index >= 15 is 0 Å². The zero-order valence-electron chi connectivity index (χ0n) is 12.9. The molecule has 0 aliphatic rings. The van der Waals surface area contributed by atoms with Gasteiger partial charge in [-0.1, -0.05) is 26.8 Å². The van der Waals surface area contributed by atoms with Gasteiger partial charge in [0.15, 0.2) is 8.32 Å². The smallest absolute Gasteiger partial charge is 0.192 e. The van der Waals surface area contributed by atoms with Crippen molar-refractivity contribution in [3.8, 4) is 0 Å². The number of hydrogen-bond donors (Lipinski definition) is 0. The summed E-state index contributed by atoms with van der Waals surface area (Å²) in [6.45, 7) is 13.4. The van der Waals surface area contributed by atoms with Crippen LogP contribution in [0.2, 0.25) is 18.1 Å². The van der Waals surface area contributed by atoms with Crippen molar-refractivity contribution >= 4 is 14.1 Å². The molecule has 0 aliphatic carbocycles. The summed E-state index contributed by atoms with van der Waals surface area (Å²) >= 11 is 0. The molecule has 1 rings (SSSR count). The molecular formula is C15H25NO2Si. The summed E-state index contributed by atoms with van der Waals surface area (Å²) < 4.78 is 6.13. The van der Waals surface area contributed by atoms with Crippen LogP contribution >= 0.6 is 0 Å². The average molecular weight is 279 g/mol. The summed E-state index contributed by atoms with van der Waals surface area (Å²) in [5.74, 6) is 0.137. The molecule has 106 valence electrons. The highest BCUT2D eigenvalue weighted by molar-refractivity contribution is 6.74. The molecule has 0 amide bonds. The fourth-order valence-corrected chi connectivity index (χ4v) is 2.34. The summed E-state index contributed by atoms with van der Waals surface area (Å²) in [5, 5.41) is 0.217. The largest absolute Gasteiger partial charge is 0.413 e. The third kappa shape index (κ3) is 4.88. The van der Waals surface area contributed by atoms with E-state index in [1.165, 1.54) is 0 Å². The van der Waals surface area contributed by atoms with Crippen LogP contribution in [0, 0.1) is 0 Å². The summed E-state index contributed by atoms with van der Waals surface area (Å²) in [6.07, 6.45) is 2.22. The number of hydrogen-bond acceptors (Lipinski definition) is 3. The van der Waals surface area contributed by atoms with E-state index in [9.17, 15) is 4.79 Å². The van der Waals surface area contributed by atoms with Crippen molar-refractivity contribution in [2.24, 2.45) is 0 Å². The van der Waals surface area contributed by atoms with Crippen LogP contribution in [0.4, 0.5) is 0 Å². The first-order valence-corrected chi connectivity index (χ1v) is 9.60. The Balaban J connectivity index is 2.62. The van der Waals surface area contributed by atoms with E-state index in [1.807, 2.05) is 18.3 Å². The minimum Gasteiger partial charge on any atom is -0.413 e. The Morgan fingerprint density at radius 1 is 1.32 bits per heavy atom. The van der Waals surface area contributed by atoms with E-state index in [0.29, 0.717) is 13.0 Å². The van der Waals surface area contributed by atoms with Gasteiger partial charge in [0.05, 0.1) is 6.61 Å². The van der Waals surface area contributed by atoms with E-state index in [-0.39, 0.29) is 10.8 Å². The zero-order chi connectivity index (χ0) is 14.7. The number of ketones is 1. The van der Waals surface area contributed by atoms with Gasteiger partial charge in [-0.25, -0.2) is 0 Å². The minimum atomic E-state index is -1.71. The first-order valence-electron chi connectivity index (χ1n) is 6.69. The SMILES string of the molecule is CC(=O)Cc1ccc(CO[Si](C)(C)C(C)(C)C)cn1. The van der Waals surface area contributed by atoms with Gasteiger partial charge >= 0.3 is 0 Å². The summed E-state index contributed by atoms with van der Waals surface area (Å²) in [4.78, 5) is 15.3. The highest BCUT2D eigenvalue weighted by Crippen LogP contribution is 2.36. The zero-order valence-corrected chi connectivity index (χ0v) is 13.9. The maximum absolute atomic E-state index is 11.0. The second kappa shape index (κ2) is 5.97. The first kappa shape index (κ1) is 16.1. The standard InChI is InChI=1S/C15H25NO2Si/c1-12(17)9-14-8-7-13(10-16-14)11-18-19(5,6)15(2,3)4/h7-8,10H,9,11H2,1-6H3.